The van der Waals surface area contributed by atoms with Gasteiger partial charge in [0.25, 0.3) is 0 Å². The lowest BCUT2D eigenvalue weighted by molar-refractivity contribution is -0.169. The minimum Gasteiger partial charge on any atom is -0.460 e. The summed E-state index contributed by atoms with van der Waals surface area (Å²) in [6, 6.07) is 10.2. The molecule has 27 heavy (non-hydrogen) atoms. The van der Waals surface area contributed by atoms with E-state index in [1.54, 1.807) is 11.8 Å². The van der Waals surface area contributed by atoms with E-state index in [9.17, 15) is 9.90 Å². The quantitative estimate of drug-likeness (QED) is 0.299. The summed E-state index contributed by atoms with van der Waals surface area (Å²) in [5.74, 6) is 0.682. The summed E-state index contributed by atoms with van der Waals surface area (Å²) in [5.41, 5.74) is 1.22. The van der Waals surface area contributed by atoms with Crippen molar-refractivity contribution >= 4 is 17.7 Å². The third-order valence-corrected chi connectivity index (χ3v) is 6.61. The standard InChI is InChI=1S/C23H36O3S/c1-2-3-4-5-6-7-8-9-13-16-20(24)17-21-22(23(25)26-21)27-18-19-14-11-10-12-15-19/h10-12,14-15,20-22,24H,2-9,13,16-18H2,1H3/t20?,21-,22-/m0/s1. The van der Waals surface area contributed by atoms with Crippen LogP contribution in [-0.2, 0) is 15.3 Å². The van der Waals surface area contributed by atoms with E-state index in [4.69, 9.17) is 4.74 Å². The zero-order valence-corrected chi connectivity index (χ0v) is 17.6. The summed E-state index contributed by atoms with van der Waals surface area (Å²) in [5, 5.41) is 10.2. The fourth-order valence-electron chi connectivity index (χ4n) is 3.54. The topological polar surface area (TPSA) is 46.5 Å². The predicted octanol–water partition coefficient (Wildman–Crippen LogP) is 5.89. The minimum atomic E-state index is -0.354. The van der Waals surface area contributed by atoms with Crippen molar-refractivity contribution < 1.29 is 14.6 Å². The van der Waals surface area contributed by atoms with Crippen LogP contribution in [0, 0.1) is 0 Å². The van der Waals surface area contributed by atoms with Gasteiger partial charge in [-0.1, -0.05) is 95.0 Å². The molecule has 3 atom stereocenters. The average molecular weight is 393 g/mol. The van der Waals surface area contributed by atoms with Gasteiger partial charge in [0.1, 0.15) is 11.4 Å². The van der Waals surface area contributed by atoms with Gasteiger partial charge in [-0.2, -0.15) is 0 Å². The largest absolute Gasteiger partial charge is 0.460 e. The van der Waals surface area contributed by atoms with Gasteiger partial charge >= 0.3 is 5.97 Å². The van der Waals surface area contributed by atoms with Crippen molar-refractivity contribution in [3.63, 3.8) is 0 Å². The summed E-state index contributed by atoms with van der Waals surface area (Å²) in [4.78, 5) is 11.7. The van der Waals surface area contributed by atoms with Gasteiger partial charge < -0.3 is 9.84 Å². The number of rotatable bonds is 15. The molecule has 1 unspecified atom stereocenters. The molecule has 0 spiro atoms. The molecular formula is C23H36O3S. The molecule has 0 amide bonds. The Bertz CT molecular complexity index is 520. The number of aliphatic hydroxyl groups excluding tert-OH is 1. The van der Waals surface area contributed by atoms with Gasteiger partial charge in [-0.3, -0.25) is 4.79 Å². The van der Waals surface area contributed by atoms with Crippen LogP contribution in [0.3, 0.4) is 0 Å². The van der Waals surface area contributed by atoms with Gasteiger partial charge in [0.05, 0.1) is 6.10 Å². The van der Waals surface area contributed by atoms with Crippen LogP contribution in [0.15, 0.2) is 30.3 Å². The maximum atomic E-state index is 11.7. The highest BCUT2D eigenvalue weighted by molar-refractivity contribution is 8.00. The average Bonchev–Trinajstić information content (AvgIpc) is 2.67. The lowest BCUT2D eigenvalue weighted by atomic mass is 9.99. The van der Waals surface area contributed by atoms with Crippen LogP contribution in [0.1, 0.15) is 83.1 Å². The van der Waals surface area contributed by atoms with E-state index in [1.807, 2.05) is 18.2 Å². The number of hydrogen-bond acceptors (Lipinski definition) is 4. The first-order chi connectivity index (χ1) is 13.2. The van der Waals surface area contributed by atoms with Gasteiger partial charge in [0, 0.05) is 12.2 Å². The second kappa shape index (κ2) is 13.2. The number of carbonyl (C=O) groups excluding carboxylic acids is 1. The number of benzene rings is 1. The summed E-state index contributed by atoms with van der Waals surface area (Å²) >= 11 is 1.63. The molecule has 1 aliphatic heterocycles. The molecule has 3 nitrogen and oxygen atoms in total. The van der Waals surface area contributed by atoms with Crippen LogP contribution >= 0.6 is 11.8 Å². The van der Waals surface area contributed by atoms with Crippen molar-refractivity contribution in [2.75, 3.05) is 0 Å². The van der Waals surface area contributed by atoms with E-state index in [2.05, 4.69) is 19.1 Å². The summed E-state index contributed by atoms with van der Waals surface area (Å²) in [7, 11) is 0. The Balaban J connectivity index is 1.52. The second-order valence-corrected chi connectivity index (χ2v) is 8.83. The maximum absolute atomic E-state index is 11.7. The van der Waals surface area contributed by atoms with Crippen molar-refractivity contribution in [3.05, 3.63) is 35.9 Å². The van der Waals surface area contributed by atoms with E-state index < -0.39 is 0 Å². The van der Waals surface area contributed by atoms with Crippen molar-refractivity contribution in [1.82, 2.24) is 0 Å². The van der Waals surface area contributed by atoms with Crippen molar-refractivity contribution in [3.8, 4) is 0 Å². The molecule has 2 rings (SSSR count). The number of hydrogen-bond donors (Lipinski definition) is 1. The fraction of sp³-hybridized carbons (Fsp3) is 0.696. The molecule has 152 valence electrons. The van der Waals surface area contributed by atoms with E-state index in [0.717, 1.165) is 18.6 Å². The van der Waals surface area contributed by atoms with Crippen LogP contribution in [0.4, 0.5) is 0 Å². The summed E-state index contributed by atoms with van der Waals surface area (Å²) in [6.45, 7) is 2.25. The summed E-state index contributed by atoms with van der Waals surface area (Å²) in [6.07, 6.45) is 12.5. The second-order valence-electron chi connectivity index (χ2n) is 7.70. The van der Waals surface area contributed by atoms with Gasteiger partial charge in [0.2, 0.25) is 0 Å². The molecule has 4 heteroatoms. The number of carbonyl (C=O) groups is 1. The minimum absolute atomic E-state index is 0.122. The third-order valence-electron chi connectivity index (χ3n) is 5.26. The van der Waals surface area contributed by atoms with E-state index in [1.165, 1.54) is 56.9 Å². The molecule has 1 aliphatic rings. The van der Waals surface area contributed by atoms with E-state index >= 15 is 0 Å². The maximum Gasteiger partial charge on any atom is 0.323 e. The van der Waals surface area contributed by atoms with E-state index in [-0.39, 0.29) is 23.4 Å². The van der Waals surface area contributed by atoms with Crippen molar-refractivity contribution in [2.24, 2.45) is 0 Å². The molecule has 1 aromatic carbocycles. The Morgan fingerprint density at radius 1 is 1.00 bits per heavy atom. The number of esters is 1. The van der Waals surface area contributed by atoms with Gasteiger partial charge in [-0.05, 0) is 12.0 Å². The van der Waals surface area contributed by atoms with Crippen LogP contribution in [0.25, 0.3) is 0 Å². The highest BCUT2D eigenvalue weighted by atomic mass is 32.2. The van der Waals surface area contributed by atoms with Gasteiger partial charge in [-0.15, -0.1) is 11.8 Å². The molecule has 1 fully saturated rings. The zero-order valence-electron chi connectivity index (χ0n) is 16.8. The fourth-order valence-corrected chi connectivity index (χ4v) is 4.68. The lowest BCUT2D eigenvalue weighted by Gasteiger charge is -2.35. The highest BCUT2D eigenvalue weighted by Crippen LogP contribution is 2.33. The van der Waals surface area contributed by atoms with Crippen molar-refractivity contribution in [2.45, 2.75) is 101 Å². The van der Waals surface area contributed by atoms with Crippen LogP contribution in [-0.4, -0.2) is 28.5 Å². The lowest BCUT2D eigenvalue weighted by Crippen LogP contribution is -2.49. The smallest absolute Gasteiger partial charge is 0.323 e. The molecular weight excluding hydrogens is 356 g/mol. The first-order valence-corrected chi connectivity index (χ1v) is 11.8. The van der Waals surface area contributed by atoms with Crippen LogP contribution < -0.4 is 0 Å². The Morgan fingerprint density at radius 2 is 1.63 bits per heavy atom. The monoisotopic (exact) mass is 392 g/mol. The van der Waals surface area contributed by atoms with Gasteiger partial charge in [-0.25, -0.2) is 0 Å². The molecule has 0 saturated carbocycles. The molecule has 0 aliphatic carbocycles. The molecule has 1 saturated heterocycles. The Kier molecular flexibility index (Phi) is 10.9. The third kappa shape index (κ3) is 8.69. The number of thioether (sulfide) groups is 1. The Morgan fingerprint density at radius 3 is 2.26 bits per heavy atom. The Hall–Kier alpha value is -1.00. The molecule has 0 aromatic heterocycles. The molecule has 1 heterocycles. The molecule has 1 N–H and O–H groups in total. The van der Waals surface area contributed by atoms with Crippen molar-refractivity contribution in [1.29, 1.82) is 0 Å². The summed E-state index contributed by atoms with van der Waals surface area (Å²) < 4.78 is 5.28. The SMILES string of the molecule is CCCCCCCCCCCC(O)C[C@@H]1OC(=O)[C@H]1SCc1ccccc1. The molecule has 0 radical (unpaired) electrons. The predicted molar refractivity (Wildman–Crippen MR) is 114 cm³/mol. The van der Waals surface area contributed by atoms with Crippen LogP contribution in [0.2, 0.25) is 0 Å². The highest BCUT2D eigenvalue weighted by Gasteiger charge is 2.43. The normalized spacial score (nSPS) is 20.1. The number of ether oxygens (including phenoxy) is 1. The van der Waals surface area contributed by atoms with E-state index in [0.29, 0.717) is 6.42 Å². The zero-order chi connectivity index (χ0) is 19.3. The molecule has 0 bridgehead atoms. The number of unbranched alkanes of at least 4 members (excludes halogenated alkanes) is 8. The van der Waals surface area contributed by atoms with Crippen LogP contribution in [0.5, 0.6) is 0 Å². The molecule has 1 aromatic rings. The first-order valence-electron chi connectivity index (χ1n) is 10.7. The first kappa shape index (κ1) is 22.3. The number of aliphatic hydroxyl groups is 1. The number of cyclic esters (lactones) is 1. The Labute approximate surface area is 169 Å². The van der Waals surface area contributed by atoms with Gasteiger partial charge in [0.15, 0.2) is 0 Å².